The molecule has 4 heteroatoms. The van der Waals surface area contributed by atoms with E-state index in [9.17, 15) is 4.39 Å². The van der Waals surface area contributed by atoms with Gasteiger partial charge in [0.15, 0.2) is 0 Å². The number of hydrogen-bond acceptors (Lipinski definition) is 3. The number of halogens is 1. The van der Waals surface area contributed by atoms with Gasteiger partial charge in [0.05, 0.1) is 6.07 Å². The number of nitrogens with zero attached hydrogens (tertiary/aromatic N) is 2. The summed E-state index contributed by atoms with van der Waals surface area (Å²) in [5.41, 5.74) is 0.794. The third-order valence-electron chi connectivity index (χ3n) is 2.88. The number of benzene rings is 1. The quantitative estimate of drug-likeness (QED) is 0.844. The minimum atomic E-state index is -0.252. The fourth-order valence-electron chi connectivity index (χ4n) is 1.76. The summed E-state index contributed by atoms with van der Waals surface area (Å²) < 4.78 is 13.1. The van der Waals surface area contributed by atoms with E-state index in [2.05, 4.69) is 11.4 Å². The summed E-state index contributed by atoms with van der Waals surface area (Å²) in [5, 5.41) is 12.3. The van der Waals surface area contributed by atoms with E-state index in [-0.39, 0.29) is 11.9 Å². The molecule has 0 aromatic heterocycles. The van der Waals surface area contributed by atoms with Gasteiger partial charge in [-0.05, 0) is 31.0 Å². The number of likely N-dealkylation sites (N-methyl/N-ethyl adjacent to an activating group) is 1. The number of nitriles is 1. The van der Waals surface area contributed by atoms with Crippen molar-refractivity contribution in [1.82, 2.24) is 5.32 Å². The lowest BCUT2D eigenvalue weighted by molar-refractivity contribution is 0.591. The first-order chi connectivity index (χ1) is 8.19. The number of hydrogen-bond donors (Lipinski definition) is 1. The summed E-state index contributed by atoms with van der Waals surface area (Å²) in [6.07, 6.45) is 2.31. The maximum absolute atomic E-state index is 13.1. The zero-order valence-electron chi connectivity index (χ0n) is 9.86. The second-order valence-electron chi connectivity index (χ2n) is 4.48. The zero-order valence-corrected chi connectivity index (χ0v) is 9.86. The Morgan fingerprint density at radius 1 is 1.59 bits per heavy atom. The fourth-order valence-corrected chi connectivity index (χ4v) is 1.76. The monoisotopic (exact) mass is 233 g/mol. The van der Waals surface area contributed by atoms with Gasteiger partial charge in [-0.3, -0.25) is 5.32 Å². The van der Waals surface area contributed by atoms with Crippen molar-refractivity contribution in [3.05, 3.63) is 30.1 Å². The first kappa shape index (κ1) is 11.9. The normalized spacial score (nSPS) is 16.3. The molecule has 1 aromatic carbocycles. The van der Waals surface area contributed by atoms with Gasteiger partial charge in [0, 0.05) is 25.3 Å². The Balaban J connectivity index is 1.94. The molecule has 1 saturated carbocycles. The molecule has 1 fully saturated rings. The van der Waals surface area contributed by atoms with Crippen molar-refractivity contribution in [2.75, 3.05) is 18.5 Å². The molecule has 1 aromatic rings. The molecule has 0 bridgehead atoms. The van der Waals surface area contributed by atoms with Gasteiger partial charge in [-0.2, -0.15) is 5.26 Å². The van der Waals surface area contributed by atoms with Crippen molar-refractivity contribution < 1.29 is 4.39 Å². The molecule has 0 amide bonds. The third kappa shape index (κ3) is 3.43. The van der Waals surface area contributed by atoms with Crippen LogP contribution in [0.2, 0.25) is 0 Å². The highest BCUT2D eigenvalue weighted by Gasteiger charge is 2.25. The summed E-state index contributed by atoms with van der Waals surface area (Å²) in [7, 11) is 1.87. The smallest absolute Gasteiger partial charge is 0.125 e. The van der Waals surface area contributed by atoms with Crippen LogP contribution < -0.4 is 10.2 Å². The Labute approximate surface area is 101 Å². The molecule has 1 aliphatic rings. The Hall–Kier alpha value is -1.60. The van der Waals surface area contributed by atoms with Crippen LogP contribution in [0.25, 0.3) is 0 Å². The third-order valence-corrected chi connectivity index (χ3v) is 2.88. The Bertz CT molecular complexity index is 423. The van der Waals surface area contributed by atoms with E-state index in [0.717, 1.165) is 18.5 Å². The molecule has 1 unspecified atom stereocenters. The maximum Gasteiger partial charge on any atom is 0.125 e. The van der Waals surface area contributed by atoms with Gasteiger partial charge >= 0.3 is 0 Å². The molecule has 1 aliphatic carbocycles. The minimum Gasteiger partial charge on any atom is -0.372 e. The van der Waals surface area contributed by atoms with Crippen LogP contribution in [0.15, 0.2) is 24.3 Å². The van der Waals surface area contributed by atoms with Crippen molar-refractivity contribution >= 4 is 5.69 Å². The summed E-state index contributed by atoms with van der Waals surface area (Å²) in [6, 6.07) is 8.96. The van der Waals surface area contributed by atoms with Gasteiger partial charge < -0.3 is 4.90 Å². The highest BCUT2D eigenvalue weighted by atomic mass is 19.1. The fraction of sp³-hybridized carbons (Fsp3) is 0.462. The first-order valence-corrected chi connectivity index (χ1v) is 5.81. The van der Waals surface area contributed by atoms with E-state index in [0.29, 0.717) is 12.6 Å². The molecule has 0 heterocycles. The Morgan fingerprint density at radius 2 is 2.35 bits per heavy atom. The average molecular weight is 233 g/mol. The summed E-state index contributed by atoms with van der Waals surface area (Å²) in [4.78, 5) is 1.90. The second-order valence-corrected chi connectivity index (χ2v) is 4.48. The summed E-state index contributed by atoms with van der Waals surface area (Å²) in [6.45, 7) is 0.566. The molecule has 90 valence electrons. The zero-order chi connectivity index (χ0) is 12.3. The topological polar surface area (TPSA) is 39.1 Å². The lowest BCUT2D eigenvalue weighted by atomic mass is 10.2. The molecule has 3 nitrogen and oxygen atoms in total. The lowest BCUT2D eigenvalue weighted by Gasteiger charge is -2.22. The predicted molar refractivity (Wildman–Crippen MR) is 65.2 cm³/mol. The number of anilines is 1. The summed E-state index contributed by atoms with van der Waals surface area (Å²) in [5.74, 6) is -0.252. The van der Waals surface area contributed by atoms with Crippen molar-refractivity contribution in [2.45, 2.75) is 24.9 Å². The van der Waals surface area contributed by atoms with Gasteiger partial charge in [-0.1, -0.05) is 6.07 Å². The molecule has 0 spiro atoms. The van der Waals surface area contributed by atoms with Gasteiger partial charge in [0.2, 0.25) is 0 Å². The SMILES string of the molecule is CN(CC(C#N)NC1CC1)c1cccc(F)c1. The van der Waals surface area contributed by atoms with Crippen LogP contribution in [0.3, 0.4) is 0 Å². The van der Waals surface area contributed by atoms with E-state index >= 15 is 0 Å². The molecule has 0 aliphatic heterocycles. The molecule has 1 atom stereocenters. The van der Waals surface area contributed by atoms with Crippen molar-refractivity contribution in [3.8, 4) is 6.07 Å². The lowest BCUT2D eigenvalue weighted by Crippen LogP contribution is -2.39. The standard InChI is InChI=1S/C13H16FN3/c1-17(13-4-2-3-10(14)7-13)9-12(8-15)16-11-5-6-11/h2-4,7,11-12,16H,5-6,9H2,1H3. The van der Waals surface area contributed by atoms with E-state index in [1.54, 1.807) is 6.07 Å². The molecule has 1 N–H and O–H groups in total. The second kappa shape index (κ2) is 5.15. The first-order valence-electron chi connectivity index (χ1n) is 5.81. The van der Waals surface area contributed by atoms with Gasteiger partial charge in [0.25, 0.3) is 0 Å². The van der Waals surface area contributed by atoms with Gasteiger partial charge in [0.1, 0.15) is 11.9 Å². The molecular weight excluding hydrogens is 217 g/mol. The van der Waals surface area contributed by atoms with Crippen molar-refractivity contribution in [2.24, 2.45) is 0 Å². The predicted octanol–water partition coefficient (Wildman–Crippen LogP) is 1.91. The van der Waals surface area contributed by atoms with Gasteiger partial charge in [-0.15, -0.1) is 0 Å². The van der Waals surface area contributed by atoms with Crippen molar-refractivity contribution in [3.63, 3.8) is 0 Å². The van der Waals surface area contributed by atoms with E-state index in [1.807, 2.05) is 18.0 Å². The minimum absolute atomic E-state index is 0.198. The van der Waals surface area contributed by atoms with Crippen LogP contribution in [0.1, 0.15) is 12.8 Å². The maximum atomic E-state index is 13.1. The Morgan fingerprint density at radius 3 is 2.94 bits per heavy atom. The molecule has 17 heavy (non-hydrogen) atoms. The van der Waals surface area contributed by atoms with Crippen molar-refractivity contribution in [1.29, 1.82) is 5.26 Å². The molecule has 0 radical (unpaired) electrons. The number of nitrogens with one attached hydrogen (secondary N) is 1. The van der Waals surface area contributed by atoms with Crippen LogP contribution in [-0.4, -0.2) is 25.7 Å². The van der Waals surface area contributed by atoms with Gasteiger partial charge in [-0.25, -0.2) is 4.39 Å². The van der Waals surface area contributed by atoms with E-state index in [4.69, 9.17) is 5.26 Å². The van der Waals surface area contributed by atoms with Crippen LogP contribution >= 0.6 is 0 Å². The molecular formula is C13H16FN3. The average Bonchev–Trinajstić information content (AvgIpc) is 3.12. The van der Waals surface area contributed by atoms with Crippen LogP contribution in [0.5, 0.6) is 0 Å². The van der Waals surface area contributed by atoms with E-state index in [1.165, 1.54) is 12.1 Å². The number of rotatable bonds is 5. The van der Waals surface area contributed by atoms with Crippen LogP contribution in [-0.2, 0) is 0 Å². The molecule has 2 rings (SSSR count). The highest BCUT2D eigenvalue weighted by Crippen LogP contribution is 2.20. The Kier molecular flexibility index (Phi) is 3.60. The largest absolute Gasteiger partial charge is 0.372 e. The van der Waals surface area contributed by atoms with E-state index < -0.39 is 0 Å². The van der Waals surface area contributed by atoms with Crippen LogP contribution in [0.4, 0.5) is 10.1 Å². The highest BCUT2D eigenvalue weighted by molar-refractivity contribution is 5.46. The van der Waals surface area contributed by atoms with Crippen LogP contribution in [0, 0.1) is 17.1 Å². The summed E-state index contributed by atoms with van der Waals surface area (Å²) >= 11 is 0. The molecule has 0 saturated heterocycles.